The molecular weight excluding hydrogens is 270 g/mol. The van der Waals surface area contributed by atoms with E-state index in [1.807, 2.05) is 4.90 Å². The van der Waals surface area contributed by atoms with Gasteiger partial charge in [0.1, 0.15) is 0 Å². The molecule has 1 amide bonds. The molecule has 2 N–H and O–H groups in total. The first-order valence-corrected chi connectivity index (χ1v) is 8.34. The number of amides is 1. The highest BCUT2D eigenvalue weighted by Gasteiger charge is 2.21. The van der Waals surface area contributed by atoms with Crippen LogP contribution in [0.4, 0.5) is 0 Å². The van der Waals surface area contributed by atoms with Crippen molar-refractivity contribution in [3.05, 3.63) is 22.4 Å². The largest absolute Gasteiger partial charge is 0.340 e. The minimum absolute atomic E-state index is 0.292. The fourth-order valence-electron chi connectivity index (χ4n) is 2.44. The Morgan fingerprint density at radius 1 is 1.40 bits per heavy atom. The summed E-state index contributed by atoms with van der Waals surface area (Å²) in [7, 11) is 0. The Labute approximate surface area is 125 Å². The van der Waals surface area contributed by atoms with Crippen LogP contribution in [0, 0.1) is 5.92 Å². The summed E-state index contributed by atoms with van der Waals surface area (Å²) >= 11 is 1.74. The van der Waals surface area contributed by atoms with Crippen molar-refractivity contribution in [2.24, 2.45) is 11.7 Å². The molecule has 0 aliphatic carbocycles. The molecule has 1 aromatic rings. The van der Waals surface area contributed by atoms with Crippen LogP contribution in [0.3, 0.4) is 0 Å². The lowest BCUT2D eigenvalue weighted by atomic mass is 10.1. The highest BCUT2D eigenvalue weighted by molar-refractivity contribution is 7.07. The van der Waals surface area contributed by atoms with Crippen LogP contribution < -0.4 is 5.73 Å². The number of hydrogen-bond acceptors (Lipinski definition) is 4. The van der Waals surface area contributed by atoms with E-state index in [-0.39, 0.29) is 0 Å². The van der Waals surface area contributed by atoms with E-state index in [0.29, 0.717) is 24.8 Å². The lowest BCUT2D eigenvalue weighted by Crippen LogP contribution is -2.48. The van der Waals surface area contributed by atoms with E-state index in [4.69, 9.17) is 5.73 Å². The molecule has 1 aliphatic rings. The Morgan fingerprint density at radius 3 is 2.75 bits per heavy atom. The Balaban J connectivity index is 1.69. The molecule has 112 valence electrons. The molecule has 1 saturated heterocycles. The number of hydrogen-bond donors (Lipinski definition) is 1. The molecule has 1 aliphatic heterocycles. The molecule has 5 heteroatoms. The Kier molecular flexibility index (Phi) is 6.01. The first-order chi connectivity index (χ1) is 9.69. The van der Waals surface area contributed by atoms with E-state index in [1.54, 1.807) is 11.3 Å². The molecule has 0 aromatic carbocycles. The average Bonchev–Trinajstić information content (AvgIpc) is 2.98. The maximum absolute atomic E-state index is 12.1. The molecule has 4 nitrogen and oxygen atoms in total. The van der Waals surface area contributed by atoms with E-state index in [2.05, 4.69) is 28.7 Å². The maximum atomic E-state index is 12.1. The molecule has 1 atom stereocenters. The topological polar surface area (TPSA) is 49.6 Å². The summed E-state index contributed by atoms with van der Waals surface area (Å²) in [4.78, 5) is 16.5. The number of nitrogens with two attached hydrogens (primary N) is 1. The second-order valence-electron chi connectivity index (χ2n) is 5.67. The van der Waals surface area contributed by atoms with Crippen LogP contribution in [-0.4, -0.2) is 48.4 Å². The van der Waals surface area contributed by atoms with E-state index in [0.717, 1.165) is 39.1 Å². The van der Waals surface area contributed by atoms with Crippen molar-refractivity contribution in [2.45, 2.75) is 26.3 Å². The van der Waals surface area contributed by atoms with Gasteiger partial charge in [0.2, 0.25) is 5.91 Å². The van der Waals surface area contributed by atoms with Crippen molar-refractivity contribution in [3.8, 4) is 0 Å². The van der Waals surface area contributed by atoms with E-state index in [9.17, 15) is 4.79 Å². The van der Waals surface area contributed by atoms with E-state index >= 15 is 0 Å². The Hall–Kier alpha value is -0.910. The van der Waals surface area contributed by atoms with E-state index in [1.165, 1.54) is 5.56 Å². The van der Waals surface area contributed by atoms with Crippen LogP contribution in [0.25, 0.3) is 0 Å². The number of piperazine rings is 1. The number of rotatable bonds is 6. The predicted octanol–water partition coefficient (Wildman–Crippen LogP) is 1.77. The van der Waals surface area contributed by atoms with Gasteiger partial charge in [0, 0.05) is 39.1 Å². The number of carbonyl (C=O) groups is 1. The Bertz CT molecular complexity index is 399. The lowest BCUT2D eigenvalue weighted by Gasteiger charge is -2.34. The van der Waals surface area contributed by atoms with Crippen LogP contribution in [0.15, 0.2) is 16.8 Å². The SMILES string of the molecule is CC(CN)CCC(=O)N1CCN(Cc2ccsc2)CC1. The van der Waals surface area contributed by atoms with Crippen molar-refractivity contribution in [1.82, 2.24) is 9.80 Å². The first kappa shape index (κ1) is 15.5. The molecule has 20 heavy (non-hydrogen) atoms. The van der Waals surface area contributed by atoms with Gasteiger partial charge in [0.05, 0.1) is 0 Å². The summed E-state index contributed by atoms with van der Waals surface area (Å²) in [6.45, 7) is 7.46. The maximum Gasteiger partial charge on any atom is 0.222 e. The molecule has 1 unspecified atom stereocenters. The van der Waals surface area contributed by atoms with Gasteiger partial charge in [-0.1, -0.05) is 6.92 Å². The highest BCUT2D eigenvalue weighted by Crippen LogP contribution is 2.13. The molecule has 0 spiro atoms. The van der Waals surface area contributed by atoms with Gasteiger partial charge in [-0.05, 0) is 41.3 Å². The minimum atomic E-state index is 0.292. The average molecular weight is 295 g/mol. The van der Waals surface area contributed by atoms with Crippen molar-refractivity contribution in [1.29, 1.82) is 0 Å². The van der Waals surface area contributed by atoms with Crippen molar-refractivity contribution in [3.63, 3.8) is 0 Å². The quantitative estimate of drug-likeness (QED) is 0.870. The van der Waals surface area contributed by atoms with Gasteiger partial charge in [0.25, 0.3) is 0 Å². The van der Waals surface area contributed by atoms with Gasteiger partial charge in [-0.25, -0.2) is 0 Å². The summed E-state index contributed by atoms with van der Waals surface area (Å²) in [6.07, 6.45) is 1.55. The zero-order valence-electron chi connectivity index (χ0n) is 12.3. The number of carbonyl (C=O) groups excluding carboxylic acids is 1. The second-order valence-corrected chi connectivity index (χ2v) is 6.45. The molecule has 2 rings (SSSR count). The van der Waals surface area contributed by atoms with Crippen molar-refractivity contribution in [2.75, 3.05) is 32.7 Å². The third kappa shape index (κ3) is 4.58. The summed E-state index contributed by atoms with van der Waals surface area (Å²) in [6, 6.07) is 2.18. The smallest absolute Gasteiger partial charge is 0.222 e. The van der Waals surface area contributed by atoms with Crippen molar-refractivity contribution < 1.29 is 4.79 Å². The van der Waals surface area contributed by atoms with Gasteiger partial charge in [-0.3, -0.25) is 9.69 Å². The summed E-state index contributed by atoms with van der Waals surface area (Å²) in [5.41, 5.74) is 6.97. The standard InChI is InChI=1S/C15H25N3OS/c1-13(10-16)2-3-15(19)18-7-5-17(6-8-18)11-14-4-9-20-12-14/h4,9,12-13H,2-3,5-8,10-11,16H2,1H3. The zero-order valence-corrected chi connectivity index (χ0v) is 13.1. The third-order valence-electron chi connectivity index (χ3n) is 3.96. The summed E-state index contributed by atoms with van der Waals surface area (Å²) in [5.74, 6) is 0.735. The number of nitrogens with zero attached hydrogens (tertiary/aromatic N) is 2. The van der Waals surface area contributed by atoms with Crippen LogP contribution in [0.1, 0.15) is 25.3 Å². The normalized spacial score (nSPS) is 18.2. The van der Waals surface area contributed by atoms with Crippen LogP contribution >= 0.6 is 11.3 Å². The Morgan fingerprint density at radius 2 is 2.15 bits per heavy atom. The molecule has 0 radical (unpaired) electrons. The minimum Gasteiger partial charge on any atom is -0.340 e. The van der Waals surface area contributed by atoms with Crippen LogP contribution in [-0.2, 0) is 11.3 Å². The van der Waals surface area contributed by atoms with Gasteiger partial charge < -0.3 is 10.6 Å². The number of thiophene rings is 1. The zero-order chi connectivity index (χ0) is 14.4. The molecule has 0 bridgehead atoms. The molecule has 1 aromatic heterocycles. The van der Waals surface area contributed by atoms with Gasteiger partial charge in [-0.2, -0.15) is 11.3 Å². The lowest BCUT2D eigenvalue weighted by molar-refractivity contribution is -0.133. The second kappa shape index (κ2) is 7.76. The molecule has 1 fully saturated rings. The first-order valence-electron chi connectivity index (χ1n) is 7.40. The van der Waals surface area contributed by atoms with Crippen LogP contribution in [0.5, 0.6) is 0 Å². The van der Waals surface area contributed by atoms with Crippen molar-refractivity contribution >= 4 is 17.2 Å². The highest BCUT2D eigenvalue weighted by atomic mass is 32.1. The summed E-state index contributed by atoms with van der Waals surface area (Å²) < 4.78 is 0. The summed E-state index contributed by atoms with van der Waals surface area (Å²) in [5, 5.41) is 4.32. The van der Waals surface area contributed by atoms with Gasteiger partial charge in [-0.15, -0.1) is 0 Å². The monoisotopic (exact) mass is 295 g/mol. The van der Waals surface area contributed by atoms with Crippen LogP contribution in [0.2, 0.25) is 0 Å². The van der Waals surface area contributed by atoms with Gasteiger partial charge >= 0.3 is 0 Å². The predicted molar refractivity (Wildman–Crippen MR) is 83.6 cm³/mol. The fourth-order valence-corrected chi connectivity index (χ4v) is 3.10. The van der Waals surface area contributed by atoms with E-state index < -0.39 is 0 Å². The van der Waals surface area contributed by atoms with Gasteiger partial charge in [0.15, 0.2) is 0 Å². The molecule has 0 saturated carbocycles. The third-order valence-corrected chi connectivity index (χ3v) is 4.70. The molecule has 2 heterocycles. The fraction of sp³-hybridized carbons (Fsp3) is 0.667. The molecular formula is C15H25N3OS.